The predicted octanol–water partition coefficient (Wildman–Crippen LogP) is 3.97. The molecule has 0 spiro atoms. The first-order valence-corrected chi connectivity index (χ1v) is 9.81. The van der Waals surface area contributed by atoms with Crippen molar-refractivity contribution in [1.82, 2.24) is 4.68 Å². The molecule has 0 bridgehead atoms. The lowest BCUT2D eigenvalue weighted by molar-refractivity contribution is -0.402. The van der Waals surface area contributed by atoms with Gasteiger partial charge in [-0.1, -0.05) is 0 Å². The van der Waals surface area contributed by atoms with E-state index >= 15 is 0 Å². The van der Waals surface area contributed by atoms with Crippen molar-refractivity contribution in [2.45, 2.75) is 0 Å². The van der Waals surface area contributed by atoms with Crippen LogP contribution < -0.4 is 4.80 Å². The number of thiophene rings is 1. The molecule has 8 nitrogen and oxygen atoms in total. The second-order valence-corrected chi connectivity index (χ2v) is 8.17. The van der Waals surface area contributed by atoms with Gasteiger partial charge in [0.25, 0.3) is 0 Å². The molecule has 0 N–H and O–H groups in total. The number of ether oxygens (including phenoxy) is 1. The molecule has 0 amide bonds. The summed E-state index contributed by atoms with van der Waals surface area (Å²) >= 11 is 6.49. The van der Waals surface area contributed by atoms with Crippen LogP contribution in [-0.4, -0.2) is 36.1 Å². The summed E-state index contributed by atoms with van der Waals surface area (Å²) in [6.07, 6.45) is 1.43. The number of methoxy groups -OCH3 is 1. The number of halogens is 1. The van der Waals surface area contributed by atoms with Crippen molar-refractivity contribution in [3.05, 3.63) is 54.1 Å². The highest BCUT2D eigenvalue weighted by Gasteiger charge is 2.12. The Hall–Kier alpha value is -2.08. The van der Waals surface area contributed by atoms with Crippen molar-refractivity contribution in [3.63, 3.8) is 0 Å². The highest BCUT2D eigenvalue weighted by atomic mass is 79.9. The molecular formula is C15H13BrN4O4S2. The average molecular weight is 457 g/mol. The number of hydrogen-bond acceptors (Lipinski definition) is 8. The number of furan rings is 1. The predicted molar refractivity (Wildman–Crippen MR) is 104 cm³/mol. The molecule has 11 heteroatoms. The van der Waals surface area contributed by atoms with Crippen LogP contribution in [0.5, 0.6) is 0 Å². The summed E-state index contributed by atoms with van der Waals surface area (Å²) in [6, 6.07) is 6.74. The van der Waals surface area contributed by atoms with E-state index in [4.69, 9.17) is 9.15 Å². The van der Waals surface area contributed by atoms with Crippen LogP contribution >= 0.6 is 38.6 Å². The number of nitrogens with zero attached hydrogens (tertiary/aromatic N) is 4. The van der Waals surface area contributed by atoms with Crippen LogP contribution in [0.1, 0.15) is 5.76 Å². The summed E-state index contributed by atoms with van der Waals surface area (Å²) in [5.41, 5.74) is 0.874. The van der Waals surface area contributed by atoms with E-state index < -0.39 is 4.92 Å². The maximum Gasteiger partial charge on any atom is 0.433 e. The zero-order valence-corrected chi connectivity index (χ0v) is 16.7. The maximum absolute atomic E-state index is 10.7. The van der Waals surface area contributed by atoms with E-state index in [0.29, 0.717) is 18.0 Å². The lowest BCUT2D eigenvalue weighted by atomic mass is 10.4. The first-order chi connectivity index (χ1) is 12.6. The minimum absolute atomic E-state index is 0.288. The Morgan fingerprint density at radius 2 is 2.27 bits per heavy atom. The van der Waals surface area contributed by atoms with Crippen LogP contribution in [0.15, 0.2) is 47.9 Å². The quantitative estimate of drug-likeness (QED) is 0.232. The summed E-state index contributed by atoms with van der Waals surface area (Å²) in [4.78, 5) is 16.3. The largest absolute Gasteiger partial charge is 0.433 e. The van der Waals surface area contributed by atoms with Crippen LogP contribution in [0.2, 0.25) is 0 Å². The fraction of sp³-hybridized carbons (Fsp3) is 0.200. The van der Waals surface area contributed by atoms with Gasteiger partial charge in [-0.25, -0.2) is 4.68 Å². The molecule has 3 rings (SSSR count). The Morgan fingerprint density at radius 3 is 2.92 bits per heavy atom. The highest BCUT2D eigenvalue weighted by Crippen LogP contribution is 2.31. The smallest absolute Gasteiger partial charge is 0.400 e. The summed E-state index contributed by atoms with van der Waals surface area (Å²) in [5, 5.41) is 17.1. The lowest BCUT2D eigenvalue weighted by Gasteiger charge is -2.00. The van der Waals surface area contributed by atoms with Crippen molar-refractivity contribution >= 4 is 50.7 Å². The molecular weight excluding hydrogens is 444 g/mol. The van der Waals surface area contributed by atoms with Crippen molar-refractivity contribution in [2.75, 3.05) is 20.3 Å². The monoisotopic (exact) mass is 456 g/mol. The van der Waals surface area contributed by atoms with Gasteiger partial charge in [-0.3, -0.25) is 15.1 Å². The molecule has 136 valence electrons. The molecule has 0 radical (unpaired) electrons. The van der Waals surface area contributed by atoms with E-state index in [1.807, 2.05) is 17.5 Å². The number of rotatable bonds is 7. The first kappa shape index (κ1) is 18.7. The van der Waals surface area contributed by atoms with E-state index in [1.165, 1.54) is 29.7 Å². The standard InChI is InChI=1S/C15H13BrN4O4S2/c1-23-7-6-17-15-19(11(9-25-15)12-3-4-13(16)26-12)18-8-10-2-5-14(24-10)20(21)22/h2-5,8-9H,6-7H2,1H3. The topological polar surface area (TPSA) is 95.2 Å². The Bertz CT molecular complexity index is 1000. The van der Waals surface area contributed by atoms with Crippen LogP contribution in [0, 0.1) is 10.1 Å². The van der Waals surface area contributed by atoms with Crippen molar-refractivity contribution in [2.24, 2.45) is 10.1 Å². The minimum atomic E-state index is -0.588. The minimum Gasteiger partial charge on any atom is -0.400 e. The molecule has 0 unspecified atom stereocenters. The number of hydrogen-bond donors (Lipinski definition) is 0. The van der Waals surface area contributed by atoms with Gasteiger partial charge in [0.15, 0.2) is 5.76 Å². The van der Waals surface area contributed by atoms with E-state index in [2.05, 4.69) is 26.0 Å². The van der Waals surface area contributed by atoms with Crippen molar-refractivity contribution in [1.29, 1.82) is 0 Å². The number of nitro groups is 1. The summed E-state index contributed by atoms with van der Waals surface area (Å²) in [6.45, 7) is 1.01. The van der Waals surface area contributed by atoms with Gasteiger partial charge in [0.05, 0.1) is 39.8 Å². The third kappa shape index (κ3) is 4.36. The maximum atomic E-state index is 10.7. The number of aromatic nitrogens is 1. The molecule has 0 saturated carbocycles. The molecule has 26 heavy (non-hydrogen) atoms. The van der Waals surface area contributed by atoms with Crippen LogP contribution in [0.4, 0.5) is 5.88 Å². The molecule has 0 aromatic carbocycles. The normalized spacial score (nSPS) is 12.3. The summed E-state index contributed by atoms with van der Waals surface area (Å²) in [7, 11) is 1.62. The SMILES string of the molecule is COCCN=c1scc(-c2ccc(Br)s2)n1N=Cc1ccc([N+](=O)[O-])o1. The zero-order chi connectivity index (χ0) is 18.5. The van der Waals surface area contributed by atoms with Gasteiger partial charge in [-0.15, -0.1) is 22.7 Å². The second-order valence-electron chi connectivity index (χ2n) is 4.87. The van der Waals surface area contributed by atoms with Crippen molar-refractivity contribution in [3.8, 4) is 10.6 Å². The molecule has 3 aromatic rings. The molecule has 0 aliphatic carbocycles. The molecule has 0 atom stereocenters. The van der Waals surface area contributed by atoms with E-state index in [-0.39, 0.29) is 11.6 Å². The van der Waals surface area contributed by atoms with Crippen LogP contribution in [0.25, 0.3) is 10.6 Å². The molecule has 3 heterocycles. The van der Waals surface area contributed by atoms with E-state index in [9.17, 15) is 10.1 Å². The average Bonchev–Trinajstić information content (AvgIpc) is 3.32. The second kappa shape index (κ2) is 8.54. The number of thiazole rings is 1. The van der Waals surface area contributed by atoms with Crippen molar-refractivity contribution < 1.29 is 14.1 Å². The molecule has 0 aliphatic heterocycles. The Morgan fingerprint density at radius 1 is 1.42 bits per heavy atom. The van der Waals surface area contributed by atoms with Gasteiger partial charge in [0.1, 0.15) is 4.92 Å². The third-order valence-electron chi connectivity index (χ3n) is 3.15. The fourth-order valence-corrected chi connectivity index (χ4v) is 4.32. The van der Waals surface area contributed by atoms with Gasteiger partial charge in [-0.05, 0) is 34.1 Å². The van der Waals surface area contributed by atoms with Gasteiger partial charge >= 0.3 is 5.88 Å². The van der Waals surface area contributed by atoms with Crippen LogP contribution in [-0.2, 0) is 4.74 Å². The zero-order valence-electron chi connectivity index (χ0n) is 13.5. The van der Waals surface area contributed by atoms with E-state index in [1.54, 1.807) is 23.1 Å². The lowest BCUT2D eigenvalue weighted by Crippen LogP contribution is -2.13. The van der Waals surface area contributed by atoms with Gasteiger partial charge in [0, 0.05) is 12.5 Å². The summed E-state index contributed by atoms with van der Waals surface area (Å²) < 4.78 is 12.8. The fourth-order valence-electron chi connectivity index (χ4n) is 2.00. The Balaban J connectivity index is 1.98. The van der Waals surface area contributed by atoms with Crippen LogP contribution in [0.3, 0.4) is 0 Å². The van der Waals surface area contributed by atoms with Gasteiger partial charge < -0.3 is 9.15 Å². The molecule has 3 aromatic heterocycles. The Labute approximate surface area is 164 Å². The first-order valence-electron chi connectivity index (χ1n) is 7.32. The molecule has 0 aliphatic rings. The molecule has 0 saturated heterocycles. The highest BCUT2D eigenvalue weighted by molar-refractivity contribution is 9.11. The summed E-state index contributed by atoms with van der Waals surface area (Å²) in [5.74, 6) is -0.0364. The Kier molecular flexibility index (Phi) is 6.14. The third-order valence-corrected chi connectivity index (χ3v) is 5.65. The van der Waals surface area contributed by atoms with Gasteiger partial charge in [0.2, 0.25) is 4.80 Å². The van der Waals surface area contributed by atoms with E-state index in [0.717, 1.165) is 14.4 Å². The van der Waals surface area contributed by atoms with Gasteiger partial charge in [-0.2, -0.15) is 5.10 Å². The molecule has 0 fully saturated rings.